The van der Waals surface area contributed by atoms with E-state index in [9.17, 15) is 36.0 Å². The Morgan fingerprint density at radius 3 is 2.00 bits per heavy atom. The van der Waals surface area contributed by atoms with Crippen molar-refractivity contribution >= 4 is 27.6 Å². The fourth-order valence-corrected chi connectivity index (χ4v) is 4.64. The molecule has 3 atom stereocenters. The average molecular weight is 540 g/mol. The van der Waals surface area contributed by atoms with Crippen molar-refractivity contribution in [3.63, 3.8) is 0 Å². The van der Waals surface area contributed by atoms with Gasteiger partial charge >= 0.3 is 6.18 Å². The summed E-state index contributed by atoms with van der Waals surface area (Å²) >= 11 is 0. The summed E-state index contributed by atoms with van der Waals surface area (Å²) in [6.45, 7) is 3.56. The number of carbonyl (C=O) groups excluding carboxylic acids is 3. The van der Waals surface area contributed by atoms with Crippen LogP contribution in [-0.4, -0.2) is 50.7 Å². The van der Waals surface area contributed by atoms with Crippen LogP contribution >= 0.6 is 0 Å². The predicted octanol–water partition coefficient (Wildman–Crippen LogP) is 2.90. The van der Waals surface area contributed by atoms with E-state index in [0.29, 0.717) is 11.1 Å². The summed E-state index contributed by atoms with van der Waals surface area (Å²) in [7, 11) is -3.39. The number of imide groups is 1. The summed E-state index contributed by atoms with van der Waals surface area (Å²) in [6, 6.07) is 6.90. The second-order valence-corrected chi connectivity index (χ2v) is 11.4. The van der Waals surface area contributed by atoms with E-state index < -0.39 is 51.9 Å². The molecule has 1 aliphatic heterocycles. The fourth-order valence-electron chi connectivity index (χ4n) is 4.01. The summed E-state index contributed by atoms with van der Waals surface area (Å²) in [4.78, 5) is 36.5. The number of hydrogen-bond acceptors (Lipinski definition) is 6. The van der Waals surface area contributed by atoms with E-state index in [1.165, 1.54) is 36.4 Å². The van der Waals surface area contributed by atoms with Gasteiger partial charge in [-0.2, -0.15) is 13.2 Å². The third-order valence-corrected chi connectivity index (χ3v) is 7.00. The Balaban J connectivity index is 1.81. The van der Waals surface area contributed by atoms with E-state index in [1.54, 1.807) is 26.0 Å². The van der Waals surface area contributed by atoms with Gasteiger partial charge in [0.05, 0.1) is 23.4 Å². The van der Waals surface area contributed by atoms with Gasteiger partial charge in [-0.05, 0) is 41.2 Å². The highest BCUT2D eigenvalue weighted by Gasteiger charge is 2.43. The van der Waals surface area contributed by atoms with Crippen LogP contribution in [0, 0.1) is 5.92 Å². The van der Waals surface area contributed by atoms with Gasteiger partial charge in [-0.15, -0.1) is 0 Å². The molecule has 3 rings (SSSR count). The van der Waals surface area contributed by atoms with Crippen molar-refractivity contribution in [2.75, 3.05) is 6.26 Å². The number of alkyl halides is 3. The molecule has 0 spiro atoms. The van der Waals surface area contributed by atoms with E-state index in [2.05, 4.69) is 16.0 Å². The standard InChI is InChI=1S/C25H28F3N3O5S/c1-14(2)12-19(29-20-13-21(32)30-23(20)33)24(34)31-22(25(26,27)28)17-6-4-15(5-7-17)16-8-10-18(11-9-16)37(3,35)36/h4-11,14,19-20,22,29H,12-13H2,1-3H3,(H,31,34)(H,30,32,33)/t19-,20-,22-/m0/s1. The smallest absolute Gasteiger partial charge is 0.339 e. The zero-order valence-corrected chi connectivity index (χ0v) is 21.2. The van der Waals surface area contributed by atoms with Gasteiger partial charge in [0.2, 0.25) is 17.7 Å². The summed E-state index contributed by atoms with van der Waals surface area (Å²) in [5.41, 5.74) is 0.971. The molecule has 0 aromatic heterocycles. The van der Waals surface area contributed by atoms with Gasteiger partial charge in [0.25, 0.3) is 0 Å². The maximum absolute atomic E-state index is 14.0. The minimum Gasteiger partial charge on any atom is -0.339 e. The maximum atomic E-state index is 14.0. The molecule has 3 amide bonds. The lowest BCUT2D eigenvalue weighted by atomic mass is 9.98. The quantitative estimate of drug-likeness (QED) is 0.422. The van der Waals surface area contributed by atoms with Crippen molar-refractivity contribution in [3.8, 4) is 11.1 Å². The number of rotatable bonds is 9. The van der Waals surface area contributed by atoms with Crippen molar-refractivity contribution in [2.45, 2.75) is 55.9 Å². The normalized spacial score (nSPS) is 18.0. The Labute approximate surface area is 212 Å². The van der Waals surface area contributed by atoms with E-state index in [1.807, 2.05) is 0 Å². The molecule has 2 aromatic carbocycles. The molecule has 3 N–H and O–H groups in total. The first-order valence-corrected chi connectivity index (χ1v) is 13.4. The first kappa shape index (κ1) is 28.3. The monoisotopic (exact) mass is 539 g/mol. The molecule has 0 radical (unpaired) electrons. The van der Waals surface area contributed by atoms with Gasteiger partial charge in [0.15, 0.2) is 15.9 Å². The number of amides is 3. The zero-order valence-electron chi connectivity index (χ0n) is 20.4. The number of nitrogens with one attached hydrogen (secondary N) is 3. The molecule has 2 aromatic rings. The first-order chi connectivity index (χ1) is 17.1. The van der Waals surface area contributed by atoms with Gasteiger partial charge in [-0.3, -0.25) is 25.0 Å². The average Bonchev–Trinajstić information content (AvgIpc) is 3.12. The van der Waals surface area contributed by atoms with E-state index in [-0.39, 0.29) is 29.2 Å². The van der Waals surface area contributed by atoms with Crippen LogP contribution in [0.15, 0.2) is 53.4 Å². The highest BCUT2D eigenvalue weighted by atomic mass is 32.2. The van der Waals surface area contributed by atoms with E-state index >= 15 is 0 Å². The van der Waals surface area contributed by atoms with Crippen LogP contribution in [0.1, 0.15) is 38.3 Å². The minimum atomic E-state index is -4.81. The Bertz CT molecular complexity index is 1260. The number of hydrogen-bond donors (Lipinski definition) is 3. The van der Waals surface area contributed by atoms with Crippen molar-refractivity contribution in [3.05, 3.63) is 54.1 Å². The SMILES string of the molecule is CC(C)C[C@H](N[C@H]1CC(=O)NC1=O)C(=O)N[C@@H](c1ccc(-c2ccc(S(C)(=O)=O)cc2)cc1)C(F)(F)F. The molecule has 1 fully saturated rings. The Kier molecular flexibility index (Phi) is 8.43. The van der Waals surface area contributed by atoms with Crippen LogP contribution in [0.2, 0.25) is 0 Å². The van der Waals surface area contributed by atoms with Crippen molar-refractivity contribution in [2.24, 2.45) is 5.92 Å². The molecule has 12 heteroatoms. The fraction of sp³-hybridized carbons (Fsp3) is 0.400. The third kappa shape index (κ3) is 7.39. The molecular formula is C25H28F3N3O5S. The van der Waals surface area contributed by atoms with Gasteiger partial charge in [0.1, 0.15) is 0 Å². The third-order valence-electron chi connectivity index (χ3n) is 5.87. The first-order valence-electron chi connectivity index (χ1n) is 11.5. The number of sulfone groups is 1. The lowest BCUT2D eigenvalue weighted by Crippen LogP contribution is -2.53. The molecule has 1 aliphatic rings. The summed E-state index contributed by atoms with van der Waals surface area (Å²) in [5.74, 6) is -2.17. The van der Waals surface area contributed by atoms with Crippen LogP contribution in [-0.2, 0) is 24.2 Å². The largest absolute Gasteiger partial charge is 0.412 e. The molecule has 0 aliphatic carbocycles. The summed E-state index contributed by atoms with van der Waals surface area (Å²) in [5, 5.41) is 6.88. The van der Waals surface area contributed by atoms with Gasteiger partial charge in [-0.25, -0.2) is 8.42 Å². The second kappa shape index (κ2) is 11.0. The van der Waals surface area contributed by atoms with Crippen molar-refractivity contribution in [1.29, 1.82) is 0 Å². The molecule has 8 nitrogen and oxygen atoms in total. The lowest BCUT2D eigenvalue weighted by Gasteiger charge is -2.27. The highest BCUT2D eigenvalue weighted by Crippen LogP contribution is 2.34. The molecule has 0 unspecified atom stereocenters. The number of carbonyl (C=O) groups is 3. The van der Waals surface area contributed by atoms with Crippen LogP contribution in [0.5, 0.6) is 0 Å². The van der Waals surface area contributed by atoms with Crippen LogP contribution < -0.4 is 16.0 Å². The molecule has 1 saturated heterocycles. The van der Waals surface area contributed by atoms with E-state index in [0.717, 1.165) is 6.26 Å². The number of benzene rings is 2. The van der Waals surface area contributed by atoms with Gasteiger partial charge in [0, 0.05) is 6.26 Å². The van der Waals surface area contributed by atoms with Crippen molar-refractivity contribution in [1.82, 2.24) is 16.0 Å². The van der Waals surface area contributed by atoms with Gasteiger partial charge in [-0.1, -0.05) is 50.2 Å². The molecule has 1 heterocycles. The Morgan fingerprint density at radius 2 is 1.57 bits per heavy atom. The number of halogens is 3. The molecule has 0 saturated carbocycles. The molecule has 0 bridgehead atoms. The lowest BCUT2D eigenvalue weighted by molar-refractivity contribution is -0.164. The van der Waals surface area contributed by atoms with Crippen molar-refractivity contribution < 1.29 is 36.0 Å². The molecule has 37 heavy (non-hydrogen) atoms. The Morgan fingerprint density at radius 1 is 1.03 bits per heavy atom. The predicted molar refractivity (Wildman–Crippen MR) is 130 cm³/mol. The highest BCUT2D eigenvalue weighted by molar-refractivity contribution is 7.90. The summed E-state index contributed by atoms with van der Waals surface area (Å²) < 4.78 is 65.2. The van der Waals surface area contributed by atoms with Crippen LogP contribution in [0.25, 0.3) is 11.1 Å². The Hall–Kier alpha value is -3.25. The topological polar surface area (TPSA) is 121 Å². The molecule has 200 valence electrons. The van der Waals surface area contributed by atoms with Gasteiger partial charge < -0.3 is 5.32 Å². The second-order valence-electron chi connectivity index (χ2n) is 9.42. The zero-order chi connectivity index (χ0) is 27.5. The van der Waals surface area contributed by atoms with Crippen LogP contribution in [0.4, 0.5) is 13.2 Å². The minimum absolute atomic E-state index is 0.0823. The summed E-state index contributed by atoms with van der Waals surface area (Å²) in [6.07, 6.45) is -3.78. The van der Waals surface area contributed by atoms with E-state index in [4.69, 9.17) is 0 Å². The molecular weight excluding hydrogens is 511 g/mol. The maximum Gasteiger partial charge on any atom is 0.412 e. The van der Waals surface area contributed by atoms with Crippen LogP contribution in [0.3, 0.4) is 0 Å².